The van der Waals surface area contributed by atoms with Crippen molar-refractivity contribution in [3.63, 3.8) is 0 Å². The molecule has 21 heavy (non-hydrogen) atoms. The Balaban J connectivity index is 2.71. The van der Waals surface area contributed by atoms with Gasteiger partial charge >= 0.3 is 0 Å². The molecule has 1 aromatic heterocycles. The summed E-state index contributed by atoms with van der Waals surface area (Å²) in [5.41, 5.74) is 1.26. The molecule has 4 nitrogen and oxygen atoms in total. The first-order valence-electron chi connectivity index (χ1n) is 8.13. The molecule has 0 unspecified atom stereocenters. The fraction of sp³-hybridized carbons (Fsp3) is 0.765. The van der Waals surface area contributed by atoms with Crippen molar-refractivity contribution in [2.24, 2.45) is 0 Å². The summed E-state index contributed by atoms with van der Waals surface area (Å²) in [6.45, 7) is 12.2. The third kappa shape index (κ3) is 6.20. The number of hydrogen-bond donors (Lipinski definition) is 1. The lowest BCUT2D eigenvalue weighted by Gasteiger charge is -2.29. The van der Waals surface area contributed by atoms with E-state index >= 15 is 0 Å². The molecule has 0 spiro atoms. The van der Waals surface area contributed by atoms with Gasteiger partial charge in [-0.05, 0) is 18.9 Å². The Bertz CT molecular complexity index is 373. The zero-order chi connectivity index (χ0) is 15.7. The van der Waals surface area contributed by atoms with Crippen molar-refractivity contribution in [1.29, 1.82) is 0 Å². The number of rotatable bonds is 11. The van der Waals surface area contributed by atoms with Gasteiger partial charge in [0, 0.05) is 37.8 Å². The molecule has 0 aliphatic heterocycles. The molecule has 1 heterocycles. The van der Waals surface area contributed by atoms with Crippen LogP contribution in [0, 0.1) is 0 Å². The molecule has 0 fully saturated rings. The first-order chi connectivity index (χ1) is 10.1. The summed E-state index contributed by atoms with van der Waals surface area (Å²) in [7, 11) is 1.76. The molecule has 1 rings (SSSR count). The molecular formula is C17H32N2O2. The molecule has 1 aromatic rings. The van der Waals surface area contributed by atoms with Crippen LogP contribution < -0.4 is 5.32 Å². The molecular weight excluding hydrogens is 264 g/mol. The minimum atomic E-state index is 0.483. The highest BCUT2D eigenvalue weighted by molar-refractivity contribution is 5.17. The van der Waals surface area contributed by atoms with Gasteiger partial charge in [0.05, 0.1) is 19.4 Å². The predicted octanol–water partition coefficient (Wildman–Crippen LogP) is 3.41. The van der Waals surface area contributed by atoms with E-state index in [-0.39, 0.29) is 0 Å². The van der Waals surface area contributed by atoms with Crippen molar-refractivity contribution in [3.05, 3.63) is 23.7 Å². The van der Waals surface area contributed by atoms with E-state index in [1.54, 1.807) is 13.4 Å². The molecule has 0 saturated carbocycles. The Morgan fingerprint density at radius 1 is 1.29 bits per heavy atom. The number of methoxy groups -OCH3 is 1. The highest BCUT2D eigenvalue weighted by Gasteiger charge is 2.18. The molecule has 0 saturated heterocycles. The first kappa shape index (κ1) is 18.2. The SMILES string of the molecule is CCC(CC)N(CCOC)Cc1occc1CNC(C)C. The average Bonchev–Trinajstić information content (AvgIpc) is 2.90. The highest BCUT2D eigenvalue weighted by Crippen LogP contribution is 2.17. The van der Waals surface area contributed by atoms with E-state index in [1.807, 2.05) is 0 Å². The quantitative estimate of drug-likeness (QED) is 0.679. The summed E-state index contributed by atoms with van der Waals surface area (Å²) in [5, 5.41) is 3.46. The normalized spacial score (nSPS) is 12.0. The minimum Gasteiger partial charge on any atom is -0.468 e. The molecule has 0 amide bonds. The topological polar surface area (TPSA) is 37.6 Å². The van der Waals surface area contributed by atoms with E-state index in [1.165, 1.54) is 5.56 Å². The van der Waals surface area contributed by atoms with Crippen molar-refractivity contribution in [2.75, 3.05) is 20.3 Å². The maximum atomic E-state index is 5.72. The summed E-state index contributed by atoms with van der Waals surface area (Å²) >= 11 is 0. The van der Waals surface area contributed by atoms with Crippen LogP contribution in [-0.4, -0.2) is 37.2 Å². The predicted molar refractivity (Wildman–Crippen MR) is 87.3 cm³/mol. The van der Waals surface area contributed by atoms with Gasteiger partial charge in [-0.15, -0.1) is 0 Å². The maximum absolute atomic E-state index is 5.72. The van der Waals surface area contributed by atoms with E-state index in [9.17, 15) is 0 Å². The molecule has 0 aromatic carbocycles. The number of nitrogens with zero attached hydrogens (tertiary/aromatic N) is 1. The standard InChI is InChI=1S/C17H32N2O2/c1-6-16(7-2)19(9-11-20-5)13-17-15(8-10-21-17)12-18-14(3)4/h8,10,14,16,18H,6-7,9,11-13H2,1-5H3. The van der Waals surface area contributed by atoms with Crippen LogP contribution in [0.5, 0.6) is 0 Å². The van der Waals surface area contributed by atoms with E-state index in [0.29, 0.717) is 12.1 Å². The van der Waals surface area contributed by atoms with Gasteiger partial charge in [0.25, 0.3) is 0 Å². The van der Waals surface area contributed by atoms with Gasteiger partial charge < -0.3 is 14.5 Å². The number of ether oxygens (including phenoxy) is 1. The van der Waals surface area contributed by atoms with Gasteiger partial charge in [0.2, 0.25) is 0 Å². The van der Waals surface area contributed by atoms with E-state index in [2.05, 4.69) is 44.0 Å². The van der Waals surface area contributed by atoms with Gasteiger partial charge in [0.1, 0.15) is 5.76 Å². The molecule has 0 radical (unpaired) electrons. The van der Waals surface area contributed by atoms with Gasteiger partial charge in [-0.3, -0.25) is 4.90 Å². The van der Waals surface area contributed by atoms with Crippen LogP contribution in [0.3, 0.4) is 0 Å². The maximum Gasteiger partial charge on any atom is 0.122 e. The Morgan fingerprint density at radius 2 is 2.00 bits per heavy atom. The largest absolute Gasteiger partial charge is 0.468 e. The first-order valence-corrected chi connectivity index (χ1v) is 8.13. The number of furan rings is 1. The average molecular weight is 296 g/mol. The van der Waals surface area contributed by atoms with Crippen LogP contribution in [0.1, 0.15) is 51.9 Å². The van der Waals surface area contributed by atoms with Crippen molar-refractivity contribution in [1.82, 2.24) is 10.2 Å². The summed E-state index contributed by atoms with van der Waals surface area (Å²) in [4.78, 5) is 2.47. The van der Waals surface area contributed by atoms with Crippen molar-refractivity contribution in [2.45, 2.75) is 65.7 Å². The van der Waals surface area contributed by atoms with Gasteiger partial charge in [-0.2, -0.15) is 0 Å². The minimum absolute atomic E-state index is 0.483. The van der Waals surface area contributed by atoms with Crippen molar-refractivity contribution < 1.29 is 9.15 Å². The third-order valence-corrected chi connectivity index (χ3v) is 3.93. The molecule has 0 atom stereocenters. The lowest BCUT2D eigenvalue weighted by Crippen LogP contribution is -2.36. The second-order valence-corrected chi connectivity index (χ2v) is 5.84. The monoisotopic (exact) mass is 296 g/mol. The lowest BCUT2D eigenvalue weighted by atomic mass is 10.1. The highest BCUT2D eigenvalue weighted by atomic mass is 16.5. The summed E-state index contributed by atoms with van der Waals surface area (Å²) in [6.07, 6.45) is 4.11. The Kier molecular flexibility index (Phi) is 8.66. The Labute approximate surface area is 129 Å². The van der Waals surface area contributed by atoms with Crippen molar-refractivity contribution in [3.8, 4) is 0 Å². The van der Waals surface area contributed by atoms with Gasteiger partial charge in [0.15, 0.2) is 0 Å². The molecule has 0 aliphatic carbocycles. The molecule has 0 bridgehead atoms. The molecule has 1 N–H and O–H groups in total. The van der Waals surface area contributed by atoms with Crippen LogP contribution in [0.15, 0.2) is 16.7 Å². The summed E-state index contributed by atoms with van der Waals surface area (Å²) in [6, 6.07) is 3.14. The second kappa shape index (κ2) is 9.98. The Morgan fingerprint density at radius 3 is 2.57 bits per heavy atom. The van der Waals surface area contributed by atoms with E-state index in [4.69, 9.17) is 9.15 Å². The van der Waals surface area contributed by atoms with Crippen LogP contribution >= 0.6 is 0 Å². The third-order valence-electron chi connectivity index (χ3n) is 3.93. The van der Waals surface area contributed by atoms with Gasteiger partial charge in [-0.25, -0.2) is 0 Å². The fourth-order valence-corrected chi connectivity index (χ4v) is 2.57. The Hall–Kier alpha value is -0.840. The van der Waals surface area contributed by atoms with Gasteiger partial charge in [-0.1, -0.05) is 27.7 Å². The zero-order valence-corrected chi connectivity index (χ0v) is 14.3. The summed E-state index contributed by atoms with van der Waals surface area (Å²) < 4.78 is 11.0. The van der Waals surface area contributed by atoms with Crippen LogP contribution in [-0.2, 0) is 17.8 Å². The van der Waals surface area contributed by atoms with E-state index < -0.39 is 0 Å². The molecule has 0 aliphatic rings. The summed E-state index contributed by atoms with van der Waals surface area (Å²) in [5.74, 6) is 1.08. The molecule has 4 heteroatoms. The fourth-order valence-electron chi connectivity index (χ4n) is 2.57. The van der Waals surface area contributed by atoms with Crippen LogP contribution in [0.2, 0.25) is 0 Å². The van der Waals surface area contributed by atoms with E-state index in [0.717, 1.165) is 44.8 Å². The zero-order valence-electron chi connectivity index (χ0n) is 14.3. The van der Waals surface area contributed by atoms with Crippen LogP contribution in [0.4, 0.5) is 0 Å². The smallest absolute Gasteiger partial charge is 0.122 e. The number of nitrogens with one attached hydrogen (secondary N) is 1. The molecule has 122 valence electrons. The number of hydrogen-bond acceptors (Lipinski definition) is 4. The van der Waals surface area contributed by atoms with Crippen molar-refractivity contribution >= 4 is 0 Å². The second-order valence-electron chi connectivity index (χ2n) is 5.84. The van der Waals surface area contributed by atoms with Crippen LogP contribution in [0.25, 0.3) is 0 Å². The lowest BCUT2D eigenvalue weighted by molar-refractivity contribution is 0.104.